The van der Waals surface area contributed by atoms with Crippen molar-refractivity contribution in [3.63, 3.8) is 0 Å². The van der Waals surface area contributed by atoms with Gasteiger partial charge in [0.2, 0.25) is 0 Å². The van der Waals surface area contributed by atoms with Gasteiger partial charge in [-0.1, -0.05) is 23.2 Å². The molecule has 0 amide bonds. The Morgan fingerprint density at radius 3 is 2.43 bits per heavy atom. The molecule has 78 valence electrons. The van der Waals surface area contributed by atoms with E-state index in [-0.39, 0.29) is 10.0 Å². The van der Waals surface area contributed by atoms with Crippen molar-refractivity contribution >= 4 is 40.7 Å². The molecule has 0 aliphatic rings. The van der Waals surface area contributed by atoms with Crippen LogP contribution in [0, 0.1) is 5.82 Å². The van der Waals surface area contributed by atoms with E-state index < -0.39 is 5.82 Å². The van der Waals surface area contributed by atoms with Crippen molar-refractivity contribution in [3.05, 3.63) is 28.0 Å². The summed E-state index contributed by atoms with van der Waals surface area (Å²) in [5.74, 6) is 0.413. The molecule has 0 fully saturated rings. The molecule has 1 rings (SSSR count). The van der Waals surface area contributed by atoms with Crippen LogP contribution in [0.2, 0.25) is 10.0 Å². The van der Waals surface area contributed by atoms with Crippen molar-refractivity contribution < 1.29 is 4.39 Å². The second-order valence-corrected chi connectivity index (χ2v) is 4.47. The molecule has 0 bridgehead atoms. The number of benzene rings is 1. The Bertz CT molecular complexity index is 297. The van der Waals surface area contributed by atoms with E-state index in [1.165, 1.54) is 12.1 Å². The molecule has 0 spiro atoms. The first kappa shape index (κ1) is 12.0. The zero-order valence-corrected chi connectivity index (χ0v) is 9.94. The lowest BCUT2D eigenvalue weighted by Gasteiger charge is -2.07. The van der Waals surface area contributed by atoms with Crippen molar-refractivity contribution in [2.45, 2.75) is 0 Å². The van der Waals surface area contributed by atoms with Gasteiger partial charge in [-0.05, 0) is 18.4 Å². The maximum Gasteiger partial charge on any atom is 0.160 e. The van der Waals surface area contributed by atoms with E-state index >= 15 is 0 Å². The van der Waals surface area contributed by atoms with Gasteiger partial charge < -0.3 is 5.32 Å². The summed E-state index contributed by atoms with van der Waals surface area (Å²) >= 11 is 13.0. The zero-order chi connectivity index (χ0) is 10.6. The highest BCUT2D eigenvalue weighted by Crippen LogP contribution is 2.27. The second-order valence-electron chi connectivity index (χ2n) is 2.67. The van der Waals surface area contributed by atoms with Crippen LogP contribution in [0.1, 0.15) is 0 Å². The van der Waals surface area contributed by atoms with Crippen LogP contribution in [0.25, 0.3) is 0 Å². The Kier molecular flexibility index (Phi) is 4.85. The van der Waals surface area contributed by atoms with Crippen LogP contribution in [0.4, 0.5) is 10.1 Å². The molecule has 5 heteroatoms. The molecule has 14 heavy (non-hydrogen) atoms. The number of halogens is 3. The smallest absolute Gasteiger partial charge is 0.160 e. The van der Waals surface area contributed by atoms with Crippen molar-refractivity contribution in [1.82, 2.24) is 0 Å². The summed E-state index contributed by atoms with van der Waals surface area (Å²) in [5, 5.41) is 3.19. The molecule has 1 aromatic carbocycles. The standard InChI is InChI=1S/C9H10Cl2FNS/c1-14-3-2-13-6-4-7(10)9(12)8(11)5-6/h4-5,13H,2-3H2,1H3. The van der Waals surface area contributed by atoms with Crippen LogP contribution in [0.5, 0.6) is 0 Å². The second kappa shape index (κ2) is 5.69. The SMILES string of the molecule is CSCCNc1cc(Cl)c(F)c(Cl)c1. The highest BCUT2D eigenvalue weighted by Gasteiger charge is 2.06. The molecule has 0 saturated heterocycles. The molecule has 0 radical (unpaired) electrons. The quantitative estimate of drug-likeness (QED) is 0.645. The number of rotatable bonds is 4. The summed E-state index contributed by atoms with van der Waals surface area (Å²) in [6.07, 6.45) is 2.02. The molecule has 0 saturated carbocycles. The lowest BCUT2D eigenvalue weighted by molar-refractivity contribution is 0.629. The Balaban J connectivity index is 2.69. The highest BCUT2D eigenvalue weighted by atomic mass is 35.5. The topological polar surface area (TPSA) is 12.0 Å². The normalized spacial score (nSPS) is 10.3. The number of anilines is 1. The first-order valence-electron chi connectivity index (χ1n) is 4.02. The Morgan fingerprint density at radius 2 is 1.93 bits per heavy atom. The summed E-state index contributed by atoms with van der Waals surface area (Å²) in [7, 11) is 0. The summed E-state index contributed by atoms with van der Waals surface area (Å²) in [6.45, 7) is 0.805. The maximum absolute atomic E-state index is 13.0. The highest BCUT2D eigenvalue weighted by molar-refractivity contribution is 7.98. The van der Waals surface area contributed by atoms with Crippen LogP contribution in [-0.2, 0) is 0 Å². The van der Waals surface area contributed by atoms with Gasteiger partial charge in [0.05, 0.1) is 10.0 Å². The summed E-state index contributed by atoms with van der Waals surface area (Å²) in [6, 6.07) is 3.06. The molecular weight excluding hydrogens is 244 g/mol. The summed E-state index contributed by atoms with van der Waals surface area (Å²) in [4.78, 5) is 0. The van der Waals surface area contributed by atoms with E-state index in [0.29, 0.717) is 0 Å². The Labute approximate surface area is 97.0 Å². The van der Waals surface area contributed by atoms with Gasteiger partial charge in [-0.2, -0.15) is 11.8 Å². The predicted molar refractivity (Wildman–Crippen MR) is 63.3 cm³/mol. The minimum atomic E-state index is -0.566. The number of hydrogen-bond donors (Lipinski definition) is 1. The summed E-state index contributed by atoms with van der Waals surface area (Å²) < 4.78 is 13.0. The molecule has 0 aliphatic heterocycles. The molecule has 0 aromatic heterocycles. The third kappa shape index (κ3) is 3.23. The number of hydrogen-bond acceptors (Lipinski definition) is 2. The lowest BCUT2D eigenvalue weighted by Crippen LogP contribution is -2.03. The number of nitrogens with one attached hydrogen (secondary N) is 1. The fourth-order valence-corrected chi connectivity index (χ4v) is 1.75. The Hall–Kier alpha value is -0.120. The van der Waals surface area contributed by atoms with Gasteiger partial charge in [0.1, 0.15) is 0 Å². The average molecular weight is 254 g/mol. The predicted octanol–water partition coefficient (Wildman–Crippen LogP) is 3.91. The molecule has 0 unspecified atom stereocenters. The van der Waals surface area contributed by atoms with Gasteiger partial charge in [-0.15, -0.1) is 0 Å². The van der Waals surface area contributed by atoms with Gasteiger partial charge in [0, 0.05) is 18.0 Å². The number of thioether (sulfide) groups is 1. The summed E-state index contributed by atoms with van der Waals surface area (Å²) in [5.41, 5.74) is 0.746. The van der Waals surface area contributed by atoms with Crippen LogP contribution in [0.3, 0.4) is 0 Å². The molecule has 1 aromatic rings. The van der Waals surface area contributed by atoms with E-state index in [0.717, 1.165) is 18.0 Å². The van der Waals surface area contributed by atoms with Crippen LogP contribution in [-0.4, -0.2) is 18.6 Å². The monoisotopic (exact) mass is 253 g/mol. The van der Waals surface area contributed by atoms with E-state index in [2.05, 4.69) is 5.32 Å². The van der Waals surface area contributed by atoms with Crippen LogP contribution < -0.4 is 5.32 Å². The fraction of sp³-hybridized carbons (Fsp3) is 0.333. The minimum Gasteiger partial charge on any atom is -0.384 e. The largest absolute Gasteiger partial charge is 0.384 e. The van der Waals surface area contributed by atoms with Crippen molar-refractivity contribution in [3.8, 4) is 0 Å². The van der Waals surface area contributed by atoms with Gasteiger partial charge >= 0.3 is 0 Å². The van der Waals surface area contributed by atoms with Crippen LogP contribution >= 0.6 is 35.0 Å². The Morgan fingerprint density at radius 1 is 1.36 bits per heavy atom. The maximum atomic E-state index is 13.0. The average Bonchev–Trinajstić information content (AvgIpc) is 2.14. The minimum absolute atomic E-state index is 0.0455. The first-order chi connectivity index (χ1) is 6.65. The van der Waals surface area contributed by atoms with E-state index in [9.17, 15) is 4.39 Å². The van der Waals surface area contributed by atoms with Gasteiger partial charge in [0.15, 0.2) is 5.82 Å². The lowest BCUT2D eigenvalue weighted by atomic mass is 10.3. The van der Waals surface area contributed by atoms with E-state index in [1.54, 1.807) is 11.8 Å². The van der Waals surface area contributed by atoms with Gasteiger partial charge in [-0.25, -0.2) is 4.39 Å². The molecular formula is C9H10Cl2FNS. The van der Waals surface area contributed by atoms with Gasteiger partial charge in [0.25, 0.3) is 0 Å². The van der Waals surface area contributed by atoms with Crippen LogP contribution in [0.15, 0.2) is 12.1 Å². The van der Waals surface area contributed by atoms with Crippen molar-refractivity contribution in [1.29, 1.82) is 0 Å². The molecule has 0 atom stereocenters. The van der Waals surface area contributed by atoms with E-state index in [4.69, 9.17) is 23.2 Å². The molecule has 1 nitrogen and oxygen atoms in total. The molecule has 0 aliphatic carbocycles. The van der Waals surface area contributed by atoms with E-state index in [1.807, 2.05) is 6.26 Å². The fourth-order valence-electron chi connectivity index (χ4n) is 0.955. The zero-order valence-electron chi connectivity index (χ0n) is 7.61. The third-order valence-corrected chi connectivity index (χ3v) is 2.78. The molecule has 0 heterocycles. The van der Waals surface area contributed by atoms with Crippen molar-refractivity contribution in [2.75, 3.05) is 23.9 Å². The first-order valence-corrected chi connectivity index (χ1v) is 6.17. The van der Waals surface area contributed by atoms with Gasteiger partial charge in [-0.3, -0.25) is 0 Å². The third-order valence-electron chi connectivity index (χ3n) is 1.62. The van der Waals surface area contributed by atoms with Crippen molar-refractivity contribution in [2.24, 2.45) is 0 Å². The molecule has 1 N–H and O–H groups in total.